The maximum Gasteiger partial charge on any atom is 0.450 e. The van der Waals surface area contributed by atoms with Crippen molar-refractivity contribution in [1.82, 2.24) is 5.32 Å². The normalized spacial score (nSPS) is 31.9. The van der Waals surface area contributed by atoms with Crippen LogP contribution >= 0.6 is 7.75 Å². The minimum Gasteiger partial charge on any atom is -0.388 e. The Balaban J connectivity index is 2.55. The number of aliphatic hydroxyl groups is 3. The van der Waals surface area contributed by atoms with E-state index in [9.17, 15) is 24.7 Å². The molecule has 116 valence electrons. The molecule has 1 rings (SSSR count). The Kier molecular flexibility index (Phi) is 5.59. The summed E-state index contributed by atoms with van der Waals surface area (Å²) < 4.78 is 18.2. The number of hydrogen-bond donors (Lipinski definition) is 7. The van der Waals surface area contributed by atoms with Crippen LogP contribution in [0.25, 0.3) is 0 Å². The topological polar surface area (TPSA) is 195 Å². The number of hydrogen-bond acceptors (Lipinski definition) is 6. The van der Waals surface area contributed by atoms with Crippen LogP contribution in [-0.4, -0.2) is 74.4 Å². The van der Waals surface area contributed by atoms with Crippen LogP contribution in [0.5, 0.6) is 0 Å². The Hall–Kier alpha value is -1.07. The average molecular weight is 313 g/mol. The van der Waals surface area contributed by atoms with Crippen molar-refractivity contribution in [1.29, 1.82) is 0 Å². The van der Waals surface area contributed by atoms with Crippen molar-refractivity contribution >= 4 is 19.5 Å². The zero-order chi connectivity index (χ0) is 15.5. The van der Waals surface area contributed by atoms with Gasteiger partial charge in [-0.1, -0.05) is 0 Å². The van der Waals surface area contributed by atoms with Gasteiger partial charge in [0.05, 0.1) is 13.2 Å². The van der Waals surface area contributed by atoms with Crippen molar-refractivity contribution in [3.8, 4) is 0 Å². The molecule has 1 unspecified atom stereocenters. The smallest absolute Gasteiger partial charge is 0.388 e. The minimum atomic E-state index is -4.69. The van der Waals surface area contributed by atoms with Gasteiger partial charge in [0, 0.05) is 0 Å². The predicted octanol–water partition coefficient (Wildman–Crippen LogP) is -3.97. The van der Waals surface area contributed by atoms with Gasteiger partial charge in [-0.2, -0.15) is 4.76 Å². The van der Waals surface area contributed by atoms with E-state index in [-0.39, 0.29) is 6.61 Å². The van der Waals surface area contributed by atoms with Crippen molar-refractivity contribution in [3.05, 3.63) is 0 Å². The molecule has 1 amide bonds. The highest BCUT2D eigenvalue weighted by atomic mass is 31.2. The van der Waals surface area contributed by atoms with Crippen molar-refractivity contribution in [2.75, 3.05) is 13.2 Å². The minimum absolute atomic E-state index is 0.345. The summed E-state index contributed by atoms with van der Waals surface area (Å²) in [6.45, 7) is -0.822. The van der Waals surface area contributed by atoms with Crippen LogP contribution in [0.1, 0.15) is 0 Å². The summed E-state index contributed by atoms with van der Waals surface area (Å²) in [6.07, 6.45) is -5.93. The number of aliphatic hydroxyl groups excluding tert-OH is 3. The number of amidine groups is 1. The molecule has 8 N–H and O–H groups in total. The molecular weight excluding hydrogens is 297 g/mol. The lowest BCUT2D eigenvalue weighted by atomic mass is 9.99. The van der Waals surface area contributed by atoms with E-state index in [1.54, 1.807) is 0 Å². The first-order valence-corrected chi connectivity index (χ1v) is 7.02. The van der Waals surface area contributed by atoms with Crippen LogP contribution < -0.4 is 11.1 Å². The molecule has 0 aliphatic carbocycles. The van der Waals surface area contributed by atoms with E-state index < -0.39 is 50.4 Å². The zero-order valence-electron chi connectivity index (χ0n) is 10.2. The second kappa shape index (κ2) is 6.59. The lowest BCUT2D eigenvalue weighted by Gasteiger charge is -2.34. The average Bonchev–Trinajstić information content (AvgIpc) is 2.31. The first kappa shape index (κ1) is 17.0. The second-order valence-corrected chi connectivity index (χ2v) is 5.35. The Labute approximate surface area is 113 Å². The van der Waals surface area contributed by atoms with Gasteiger partial charge in [0.25, 0.3) is 5.91 Å². The van der Waals surface area contributed by atoms with Gasteiger partial charge in [-0.3, -0.25) is 4.79 Å². The first-order chi connectivity index (χ1) is 9.11. The molecular formula is C8H16N3O8P. The fourth-order valence-corrected chi connectivity index (χ4v) is 1.92. The molecule has 12 heteroatoms. The number of carbonyl (C=O) groups excluding carboxylic acids is 1. The monoisotopic (exact) mass is 313 g/mol. The Morgan fingerprint density at radius 1 is 1.35 bits per heavy atom. The lowest BCUT2D eigenvalue weighted by molar-refractivity contribution is -0.191. The fourth-order valence-electron chi connectivity index (χ4n) is 1.52. The fraction of sp³-hybridized carbons (Fsp3) is 0.750. The maximum absolute atomic E-state index is 11.6. The molecule has 0 aromatic rings. The second-order valence-electron chi connectivity index (χ2n) is 4.12. The van der Waals surface area contributed by atoms with Gasteiger partial charge in [-0.05, 0) is 0 Å². The quantitative estimate of drug-likeness (QED) is 0.154. The number of amides is 1. The van der Waals surface area contributed by atoms with Crippen molar-refractivity contribution < 1.29 is 39.2 Å². The molecule has 1 saturated heterocycles. The number of nitrogens with zero attached hydrogens (tertiary/aromatic N) is 1. The number of nitrogens with two attached hydrogens (primary N) is 1. The van der Waals surface area contributed by atoms with Crippen LogP contribution in [0.4, 0.5) is 0 Å². The van der Waals surface area contributed by atoms with E-state index in [1.807, 2.05) is 0 Å². The van der Waals surface area contributed by atoms with E-state index in [1.165, 1.54) is 0 Å². The summed E-state index contributed by atoms with van der Waals surface area (Å²) >= 11 is 0. The van der Waals surface area contributed by atoms with Crippen molar-refractivity contribution in [2.24, 2.45) is 10.5 Å². The van der Waals surface area contributed by atoms with Crippen LogP contribution in [0.3, 0.4) is 0 Å². The first-order valence-electron chi connectivity index (χ1n) is 5.45. The molecule has 0 saturated carbocycles. The third kappa shape index (κ3) is 4.80. The zero-order valence-corrected chi connectivity index (χ0v) is 11.1. The highest BCUT2D eigenvalue weighted by Crippen LogP contribution is 2.35. The largest absolute Gasteiger partial charge is 0.450 e. The van der Waals surface area contributed by atoms with Crippen LogP contribution in [0.15, 0.2) is 4.76 Å². The van der Waals surface area contributed by atoms with Gasteiger partial charge in [-0.15, -0.1) is 0 Å². The summed E-state index contributed by atoms with van der Waals surface area (Å²) in [5, 5.41) is 30.3. The van der Waals surface area contributed by atoms with Gasteiger partial charge in [0.1, 0.15) is 24.1 Å². The highest BCUT2D eigenvalue weighted by molar-refractivity contribution is 7.50. The van der Waals surface area contributed by atoms with Crippen molar-refractivity contribution in [2.45, 2.75) is 24.4 Å². The lowest BCUT2D eigenvalue weighted by Crippen LogP contribution is -2.58. The Morgan fingerprint density at radius 3 is 2.50 bits per heavy atom. The Bertz CT molecular complexity index is 437. The van der Waals surface area contributed by atoms with Crippen LogP contribution in [0.2, 0.25) is 0 Å². The molecule has 1 aliphatic heterocycles. The van der Waals surface area contributed by atoms with Crippen LogP contribution in [-0.2, 0) is 14.1 Å². The van der Waals surface area contributed by atoms with Gasteiger partial charge < -0.3 is 40.9 Å². The van der Waals surface area contributed by atoms with Crippen molar-refractivity contribution in [3.63, 3.8) is 0 Å². The third-order valence-electron chi connectivity index (χ3n) is 2.46. The predicted molar refractivity (Wildman–Crippen MR) is 64.4 cm³/mol. The molecule has 1 fully saturated rings. The molecule has 0 aromatic carbocycles. The van der Waals surface area contributed by atoms with Gasteiger partial charge in [0.2, 0.25) is 0 Å². The summed E-state index contributed by atoms with van der Waals surface area (Å²) in [5.41, 5.74) is 5.17. The number of ether oxygens (including phenoxy) is 1. The molecule has 1 heterocycles. The van der Waals surface area contributed by atoms with E-state index in [0.717, 1.165) is 0 Å². The summed E-state index contributed by atoms with van der Waals surface area (Å²) in [5.74, 6) is -1.38. The molecule has 0 bridgehead atoms. The summed E-state index contributed by atoms with van der Waals surface area (Å²) in [7, 11) is -4.69. The van der Waals surface area contributed by atoms with Gasteiger partial charge in [-0.25, -0.2) is 4.57 Å². The molecule has 1 aliphatic rings. The SMILES string of the molecule is N/C(CNC(=O)C1OC[C@@H](O)[C@@H](O)[C@H]1O)=N\P(=O)(O)O. The Morgan fingerprint density at radius 2 is 1.95 bits per heavy atom. The number of nitrogens with one attached hydrogen (secondary N) is 1. The van der Waals surface area contributed by atoms with E-state index in [0.29, 0.717) is 0 Å². The molecule has 0 radical (unpaired) electrons. The summed E-state index contributed by atoms with van der Waals surface area (Å²) in [4.78, 5) is 28.7. The van der Waals surface area contributed by atoms with Crippen LogP contribution in [0, 0.1) is 0 Å². The number of rotatable bonds is 4. The molecule has 4 atom stereocenters. The molecule has 11 nitrogen and oxygen atoms in total. The summed E-state index contributed by atoms with van der Waals surface area (Å²) in [6, 6.07) is 0. The standard InChI is InChI=1S/C8H16N3O8P/c9-4(11-20(16,17)18)1-10-8(15)7-6(14)5(13)3(12)2-19-7/h3,5-7,12-14H,1-2H2,(H,10,15)(H4,9,11,16,17,18)/t3-,5-,6-,7?/m1/s1. The molecule has 0 aromatic heterocycles. The van der Waals surface area contributed by atoms with Gasteiger partial charge in [0.15, 0.2) is 6.10 Å². The van der Waals surface area contributed by atoms with E-state index in [2.05, 4.69) is 10.1 Å². The molecule has 20 heavy (non-hydrogen) atoms. The molecule has 0 spiro atoms. The highest BCUT2D eigenvalue weighted by Gasteiger charge is 2.41. The van der Waals surface area contributed by atoms with E-state index >= 15 is 0 Å². The number of carbonyl (C=O) groups is 1. The maximum atomic E-state index is 11.6. The van der Waals surface area contributed by atoms with E-state index in [4.69, 9.17) is 20.3 Å². The van der Waals surface area contributed by atoms with Gasteiger partial charge >= 0.3 is 7.75 Å². The third-order valence-corrected chi connectivity index (χ3v) is 2.98.